The maximum atomic E-state index is 12.1. The first kappa shape index (κ1) is 14.0. The number of rotatable bonds is 4. The molecule has 1 N–H and O–H groups in total. The molecule has 3 rings (SSSR count). The fraction of sp³-hybridized carbons (Fsp3) is 0.125. The van der Waals surface area contributed by atoms with Gasteiger partial charge in [-0.2, -0.15) is 11.3 Å². The zero-order valence-corrected chi connectivity index (χ0v) is 13.1. The highest BCUT2D eigenvalue weighted by Gasteiger charge is 2.10. The van der Waals surface area contributed by atoms with Crippen molar-refractivity contribution in [2.24, 2.45) is 0 Å². The summed E-state index contributed by atoms with van der Waals surface area (Å²) in [6.07, 6.45) is 1.78. The highest BCUT2D eigenvalue weighted by atomic mass is 32.1. The summed E-state index contributed by atoms with van der Waals surface area (Å²) in [6, 6.07) is 7.84. The van der Waals surface area contributed by atoms with Crippen molar-refractivity contribution >= 4 is 28.6 Å². The second-order valence-corrected chi connectivity index (χ2v) is 6.39. The van der Waals surface area contributed by atoms with Crippen LogP contribution in [0.5, 0.6) is 0 Å². The third kappa shape index (κ3) is 3.20. The third-order valence-corrected chi connectivity index (χ3v) is 4.81. The molecule has 0 atom stereocenters. The molecule has 3 heterocycles. The van der Waals surface area contributed by atoms with E-state index in [1.54, 1.807) is 17.5 Å². The largest absolute Gasteiger partial charge is 0.347 e. The minimum Gasteiger partial charge on any atom is -0.347 e. The average Bonchev–Trinajstić information content (AvgIpc) is 3.16. The van der Waals surface area contributed by atoms with Crippen LogP contribution in [-0.2, 0) is 6.54 Å². The smallest absolute Gasteiger partial charge is 0.261 e. The monoisotopic (exact) mass is 314 g/mol. The highest BCUT2D eigenvalue weighted by Crippen LogP contribution is 2.23. The summed E-state index contributed by atoms with van der Waals surface area (Å²) in [6.45, 7) is 2.47. The van der Waals surface area contributed by atoms with Gasteiger partial charge >= 0.3 is 0 Å². The Bertz CT molecular complexity index is 747. The van der Waals surface area contributed by atoms with Crippen LogP contribution in [0.15, 0.2) is 46.6 Å². The van der Waals surface area contributed by atoms with Crippen LogP contribution >= 0.6 is 22.7 Å². The molecule has 1 amide bonds. The van der Waals surface area contributed by atoms with Crippen molar-refractivity contribution in [3.63, 3.8) is 0 Å². The quantitative estimate of drug-likeness (QED) is 0.787. The first-order chi connectivity index (χ1) is 10.2. The fourth-order valence-corrected chi connectivity index (χ4v) is 3.51. The minimum absolute atomic E-state index is 0.0341. The summed E-state index contributed by atoms with van der Waals surface area (Å²) in [5.41, 5.74) is 4.17. The van der Waals surface area contributed by atoms with Gasteiger partial charge in [0.2, 0.25) is 0 Å². The van der Waals surface area contributed by atoms with Gasteiger partial charge in [0, 0.05) is 23.7 Å². The summed E-state index contributed by atoms with van der Waals surface area (Å²) < 4.78 is 0. The van der Waals surface area contributed by atoms with E-state index < -0.39 is 0 Å². The number of hydrogen-bond donors (Lipinski definition) is 1. The van der Waals surface area contributed by atoms with Gasteiger partial charge in [0.25, 0.3) is 5.91 Å². The molecule has 3 aromatic rings. The second kappa shape index (κ2) is 6.20. The number of aryl methyl sites for hydroxylation is 1. The zero-order chi connectivity index (χ0) is 14.7. The first-order valence-corrected chi connectivity index (χ1v) is 8.36. The Labute approximate surface area is 131 Å². The molecule has 0 aliphatic carbocycles. The predicted octanol–water partition coefficient (Wildman–Crippen LogP) is 4.11. The Kier molecular flexibility index (Phi) is 4.13. The predicted molar refractivity (Wildman–Crippen MR) is 87.8 cm³/mol. The molecule has 3 aromatic heterocycles. The number of aromatic nitrogens is 1. The van der Waals surface area contributed by atoms with E-state index in [-0.39, 0.29) is 5.91 Å². The van der Waals surface area contributed by atoms with E-state index in [1.165, 1.54) is 11.3 Å². The molecule has 3 nitrogen and oxygen atoms in total. The van der Waals surface area contributed by atoms with E-state index in [0.29, 0.717) is 6.54 Å². The van der Waals surface area contributed by atoms with E-state index in [4.69, 9.17) is 0 Å². The number of nitrogens with one attached hydrogen (secondary N) is 1. The lowest BCUT2D eigenvalue weighted by atomic mass is 10.1. The number of thiophene rings is 2. The molecule has 5 heteroatoms. The molecule has 0 aliphatic rings. The molecule has 0 aromatic carbocycles. The maximum Gasteiger partial charge on any atom is 0.261 e. The van der Waals surface area contributed by atoms with Gasteiger partial charge in [0.15, 0.2) is 0 Å². The van der Waals surface area contributed by atoms with Crippen LogP contribution in [0.2, 0.25) is 0 Å². The number of carbonyl (C=O) groups excluding carboxylic acids is 1. The SMILES string of the molecule is Cc1csc(C(=O)NCc2cccnc2-c2ccsc2)c1. The van der Waals surface area contributed by atoms with Gasteiger partial charge in [-0.3, -0.25) is 9.78 Å². The lowest BCUT2D eigenvalue weighted by Crippen LogP contribution is -2.22. The van der Waals surface area contributed by atoms with Crippen molar-refractivity contribution in [1.29, 1.82) is 0 Å². The van der Waals surface area contributed by atoms with Crippen molar-refractivity contribution in [2.45, 2.75) is 13.5 Å². The molecule has 0 aliphatic heterocycles. The first-order valence-electron chi connectivity index (χ1n) is 6.54. The van der Waals surface area contributed by atoms with Gasteiger partial charge in [-0.05, 0) is 47.0 Å². The van der Waals surface area contributed by atoms with Crippen LogP contribution < -0.4 is 5.32 Å². The van der Waals surface area contributed by atoms with Crippen LogP contribution in [0.4, 0.5) is 0 Å². The number of amides is 1. The maximum absolute atomic E-state index is 12.1. The van der Waals surface area contributed by atoms with E-state index in [1.807, 2.05) is 41.9 Å². The van der Waals surface area contributed by atoms with E-state index >= 15 is 0 Å². The summed E-state index contributed by atoms with van der Waals surface area (Å²) in [4.78, 5) is 17.3. The summed E-state index contributed by atoms with van der Waals surface area (Å²) >= 11 is 3.11. The van der Waals surface area contributed by atoms with Crippen molar-refractivity contribution in [2.75, 3.05) is 0 Å². The lowest BCUT2D eigenvalue weighted by molar-refractivity contribution is 0.0955. The van der Waals surface area contributed by atoms with E-state index in [2.05, 4.69) is 15.7 Å². The molecule has 0 saturated carbocycles. The number of hydrogen-bond acceptors (Lipinski definition) is 4. The van der Waals surface area contributed by atoms with Crippen molar-refractivity contribution in [3.8, 4) is 11.3 Å². The fourth-order valence-electron chi connectivity index (χ4n) is 2.05. The normalized spacial score (nSPS) is 10.5. The standard InChI is InChI=1S/C16H14N2OS2/c1-11-7-14(21-9-11)16(19)18-8-12-3-2-5-17-15(12)13-4-6-20-10-13/h2-7,9-10H,8H2,1H3,(H,18,19). The number of pyridine rings is 1. The molecular formula is C16H14N2OS2. The zero-order valence-electron chi connectivity index (χ0n) is 11.5. The van der Waals surface area contributed by atoms with Crippen molar-refractivity contribution in [3.05, 3.63) is 62.6 Å². The Morgan fingerprint density at radius 3 is 2.95 bits per heavy atom. The van der Waals surface area contributed by atoms with Crippen LogP contribution in [-0.4, -0.2) is 10.9 Å². The van der Waals surface area contributed by atoms with Crippen LogP contribution in [0.1, 0.15) is 20.8 Å². The molecular weight excluding hydrogens is 300 g/mol. The van der Waals surface area contributed by atoms with Crippen molar-refractivity contribution < 1.29 is 4.79 Å². The summed E-state index contributed by atoms with van der Waals surface area (Å²) in [5, 5.41) is 9.04. The third-order valence-electron chi connectivity index (χ3n) is 3.08. The topological polar surface area (TPSA) is 42.0 Å². The van der Waals surface area contributed by atoms with Crippen LogP contribution in [0, 0.1) is 6.92 Å². The summed E-state index contributed by atoms with van der Waals surface area (Å²) in [7, 11) is 0. The second-order valence-electron chi connectivity index (χ2n) is 4.69. The van der Waals surface area contributed by atoms with Gasteiger partial charge in [0.05, 0.1) is 10.6 Å². The van der Waals surface area contributed by atoms with E-state index in [0.717, 1.165) is 27.3 Å². The van der Waals surface area contributed by atoms with Crippen LogP contribution in [0.25, 0.3) is 11.3 Å². The highest BCUT2D eigenvalue weighted by molar-refractivity contribution is 7.12. The molecule has 106 valence electrons. The molecule has 0 fully saturated rings. The molecule has 0 spiro atoms. The van der Waals surface area contributed by atoms with Gasteiger partial charge in [-0.25, -0.2) is 0 Å². The van der Waals surface area contributed by atoms with E-state index in [9.17, 15) is 4.79 Å². The Balaban J connectivity index is 1.75. The molecule has 0 unspecified atom stereocenters. The molecule has 0 saturated heterocycles. The number of nitrogens with zero attached hydrogens (tertiary/aromatic N) is 1. The lowest BCUT2D eigenvalue weighted by Gasteiger charge is -2.08. The van der Waals surface area contributed by atoms with Gasteiger partial charge < -0.3 is 5.32 Å². The molecule has 0 bridgehead atoms. The van der Waals surface area contributed by atoms with Crippen molar-refractivity contribution in [1.82, 2.24) is 10.3 Å². The average molecular weight is 314 g/mol. The molecule has 21 heavy (non-hydrogen) atoms. The number of carbonyl (C=O) groups is 1. The Morgan fingerprint density at radius 2 is 2.24 bits per heavy atom. The minimum atomic E-state index is -0.0341. The Hall–Kier alpha value is -1.98. The van der Waals surface area contributed by atoms with Gasteiger partial charge in [0.1, 0.15) is 0 Å². The molecule has 0 radical (unpaired) electrons. The summed E-state index contributed by atoms with van der Waals surface area (Å²) in [5.74, 6) is -0.0341. The van der Waals surface area contributed by atoms with Gasteiger partial charge in [-0.1, -0.05) is 6.07 Å². The van der Waals surface area contributed by atoms with Crippen LogP contribution in [0.3, 0.4) is 0 Å². The van der Waals surface area contributed by atoms with Gasteiger partial charge in [-0.15, -0.1) is 11.3 Å². The Morgan fingerprint density at radius 1 is 1.33 bits per heavy atom.